The Bertz CT molecular complexity index is 134. The normalized spacial score (nSPS) is 7.11. The van der Waals surface area contributed by atoms with Crippen LogP contribution >= 0.6 is 0 Å². The van der Waals surface area contributed by atoms with Gasteiger partial charge in [-0.05, 0) is 0 Å². The summed E-state index contributed by atoms with van der Waals surface area (Å²) in [5.41, 5.74) is 0. The first kappa shape index (κ1) is 11.2. The van der Waals surface area contributed by atoms with Crippen LogP contribution in [0.15, 0.2) is 0 Å². The summed E-state index contributed by atoms with van der Waals surface area (Å²) in [6, 6.07) is 0. The number of hydrogen-bond donors (Lipinski definition) is 1. The number of ketones is 1. The zero-order chi connectivity index (χ0) is 6.73. The predicted molar refractivity (Wildman–Crippen MR) is 17.6 cm³/mol. The van der Waals surface area contributed by atoms with E-state index < -0.39 is 17.7 Å². The number of carboxylic acid groups (broad SMARTS) is 2. The molecule has 0 aliphatic rings. The molecule has 0 aliphatic heterocycles. The van der Waals surface area contributed by atoms with E-state index in [4.69, 9.17) is 5.11 Å². The molecule has 0 amide bonds. The predicted octanol–water partition coefficient (Wildman–Crippen LogP) is -2.61. The van der Waals surface area contributed by atoms with Crippen LogP contribution in [0.5, 0.6) is 0 Å². The maximum Gasteiger partial charge on any atom is 1.00 e. The summed E-state index contributed by atoms with van der Waals surface area (Å²) in [5, 5.41) is 16.9. The van der Waals surface area contributed by atoms with Crippen molar-refractivity contribution in [3.8, 4) is 0 Å². The van der Waals surface area contributed by atoms with Crippen molar-refractivity contribution in [1.29, 1.82) is 0 Å². The number of carbonyl (C=O) groups is 3. The molecule has 0 aromatic heterocycles. The fraction of sp³-hybridized carbons (Fsp3) is 0. The minimum absolute atomic E-state index is 0. The van der Waals surface area contributed by atoms with Gasteiger partial charge in [-0.25, -0.2) is 4.79 Å². The van der Waals surface area contributed by atoms with Gasteiger partial charge in [0.15, 0.2) is 0 Å². The molecular formula is C3HAgO5. The maximum atomic E-state index is 9.58. The first-order valence-corrected chi connectivity index (χ1v) is 1.54. The van der Waals surface area contributed by atoms with Crippen LogP contribution in [0.1, 0.15) is 0 Å². The minimum Gasteiger partial charge on any atom is -0.541 e. The maximum absolute atomic E-state index is 9.58. The zero-order valence-electron chi connectivity index (χ0n) is 3.88. The molecule has 0 radical (unpaired) electrons. The second-order valence-electron chi connectivity index (χ2n) is 0.922. The van der Waals surface area contributed by atoms with Crippen LogP contribution in [0.2, 0.25) is 0 Å². The van der Waals surface area contributed by atoms with Crippen LogP contribution in [0, 0.1) is 0 Å². The first-order valence-electron chi connectivity index (χ1n) is 1.54. The molecule has 0 heterocycles. The van der Waals surface area contributed by atoms with Crippen LogP contribution in [0.25, 0.3) is 0 Å². The van der Waals surface area contributed by atoms with Gasteiger partial charge < -0.3 is 15.0 Å². The average molecular weight is 225 g/mol. The Balaban J connectivity index is 0. The summed E-state index contributed by atoms with van der Waals surface area (Å²) in [4.78, 5) is 28.3. The van der Waals surface area contributed by atoms with E-state index in [9.17, 15) is 19.5 Å². The molecule has 5 nitrogen and oxygen atoms in total. The summed E-state index contributed by atoms with van der Waals surface area (Å²) in [6.07, 6.45) is 0. The van der Waals surface area contributed by atoms with Crippen molar-refractivity contribution >= 4 is 17.7 Å². The van der Waals surface area contributed by atoms with Crippen molar-refractivity contribution in [2.45, 2.75) is 0 Å². The Kier molecular flexibility index (Phi) is 5.28. The van der Waals surface area contributed by atoms with Gasteiger partial charge in [-0.1, -0.05) is 0 Å². The molecule has 0 fully saturated rings. The third-order valence-electron chi connectivity index (χ3n) is 0.380. The second kappa shape index (κ2) is 4.25. The van der Waals surface area contributed by atoms with E-state index in [1.165, 1.54) is 0 Å². The van der Waals surface area contributed by atoms with E-state index in [1.807, 2.05) is 0 Å². The molecule has 0 aromatic carbocycles. The van der Waals surface area contributed by atoms with Crippen molar-refractivity contribution in [3.05, 3.63) is 0 Å². The van der Waals surface area contributed by atoms with E-state index in [0.717, 1.165) is 0 Å². The second-order valence-corrected chi connectivity index (χ2v) is 0.922. The minimum atomic E-state index is -2.20. The molecule has 0 spiro atoms. The molecule has 0 aliphatic carbocycles. The van der Waals surface area contributed by atoms with Crippen LogP contribution in [-0.4, -0.2) is 22.8 Å². The quantitative estimate of drug-likeness (QED) is 0.315. The zero-order valence-corrected chi connectivity index (χ0v) is 5.36. The number of rotatable bonds is 2. The molecule has 0 atom stereocenters. The standard InChI is InChI=1S/C3H2O5.Ag/c4-1(2(5)6)3(7)8;/h(H,5,6)(H,7,8);/q;+1/p-1. The Morgan fingerprint density at radius 2 is 1.56 bits per heavy atom. The van der Waals surface area contributed by atoms with Gasteiger partial charge in [-0.2, -0.15) is 0 Å². The molecular weight excluding hydrogens is 224 g/mol. The van der Waals surface area contributed by atoms with Crippen molar-refractivity contribution in [1.82, 2.24) is 0 Å². The number of carbonyl (C=O) groups excluding carboxylic acids is 2. The topological polar surface area (TPSA) is 94.5 Å². The molecule has 0 unspecified atom stereocenters. The summed E-state index contributed by atoms with van der Waals surface area (Å²) >= 11 is 0. The van der Waals surface area contributed by atoms with Gasteiger partial charge in [0.1, 0.15) is 5.97 Å². The van der Waals surface area contributed by atoms with Crippen LogP contribution in [0.4, 0.5) is 0 Å². The summed E-state index contributed by atoms with van der Waals surface area (Å²) in [7, 11) is 0. The van der Waals surface area contributed by atoms with Crippen molar-refractivity contribution < 1.29 is 47.0 Å². The fourth-order valence-electron chi connectivity index (χ4n) is 0.0873. The van der Waals surface area contributed by atoms with Crippen LogP contribution < -0.4 is 5.11 Å². The fourth-order valence-corrected chi connectivity index (χ4v) is 0.0873. The van der Waals surface area contributed by atoms with Gasteiger partial charge >= 0.3 is 28.3 Å². The summed E-state index contributed by atoms with van der Waals surface area (Å²) in [6.45, 7) is 0. The van der Waals surface area contributed by atoms with E-state index in [1.54, 1.807) is 0 Å². The SMILES string of the molecule is O=C([O-])C(=O)C(=O)O.[Ag+]. The first-order chi connectivity index (χ1) is 3.55. The molecule has 54 valence electrons. The van der Waals surface area contributed by atoms with Gasteiger partial charge in [0.05, 0.1) is 0 Å². The Labute approximate surface area is 65.2 Å². The number of Topliss-reactive ketones (excluding diaryl/α,β-unsaturated/α-hetero) is 1. The van der Waals surface area contributed by atoms with Crippen molar-refractivity contribution in [2.24, 2.45) is 0 Å². The van der Waals surface area contributed by atoms with E-state index in [-0.39, 0.29) is 22.4 Å². The summed E-state index contributed by atoms with van der Waals surface area (Å²) in [5.74, 6) is -6.13. The largest absolute Gasteiger partial charge is 1.00 e. The van der Waals surface area contributed by atoms with Crippen molar-refractivity contribution in [3.63, 3.8) is 0 Å². The van der Waals surface area contributed by atoms with E-state index in [0.29, 0.717) is 0 Å². The molecule has 0 rings (SSSR count). The monoisotopic (exact) mass is 224 g/mol. The number of aliphatic carboxylic acids is 2. The number of carboxylic acids is 2. The smallest absolute Gasteiger partial charge is 0.541 e. The molecule has 0 saturated heterocycles. The summed E-state index contributed by atoms with van der Waals surface area (Å²) < 4.78 is 0. The Morgan fingerprint density at radius 3 is 1.56 bits per heavy atom. The molecule has 6 heteroatoms. The molecule has 1 N–H and O–H groups in total. The van der Waals surface area contributed by atoms with Gasteiger partial charge in [-0.15, -0.1) is 0 Å². The van der Waals surface area contributed by atoms with Gasteiger partial charge in [0.2, 0.25) is 0 Å². The third-order valence-corrected chi connectivity index (χ3v) is 0.380. The molecule has 9 heavy (non-hydrogen) atoms. The van der Waals surface area contributed by atoms with Gasteiger partial charge in [0, 0.05) is 0 Å². The average Bonchev–Trinajstić information content (AvgIpc) is 1.64. The Hall–Kier alpha value is -0.650. The van der Waals surface area contributed by atoms with Crippen molar-refractivity contribution in [2.75, 3.05) is 0 Å². The van der Waals surface area contributed by atoms with E-state index in [2.05, 4.69) is 0 Å². The molecule has 0 aromatic rings. The van der Waals surface area contributed by atoms with Crippen LogP contribution in [-0.2, 0) is 36.8 Å². The number of hydrogen-bond acceptors (Lipinski definition) is 4. The third kappa shape index (κ3) is 3.89. The Morgan fingerprint density at radius 1 is 1.22 bits per heavy atom. The van der Waals surface area contributed by atoms with E-state index >= 15 is 0 Å². The van der Waals surface area contributed by atoms with Gasteiger partial charge in [-0.3, -0.25) is 4.79 Å². The molecule has 0 bridgehead atoms. The molecule has 0 saturated carbocycles. The van der Waals surface area contributed by atoms with Gasteiger partial charge in [0.25, 0.3) is 5.78 Å². The van der Waals surface area contributed by atoms with Crippen LogP contribution in [0.3, 0.4) is 0 Å².